The first-order chi connectivity index (χ1) is 9.83. The van der Waals surface area contributed by atoms with Crippen LogP contribution < -0.4 is 10.2 Å². The molecule has 5 nitrogen and oxygen atoms in total. The molecule has 0 radical (unpaired) electrons. The van der Waals surface area contributed by atoms with Crippen molar-refractivity contribution in [1.82, 2.24) is 20.3 Å². The molecule has 1 fully saturated rings. The number of hydrogen-bond donors (Lipinski definition) is 1. The molecular formula is C15H19N5. The summed E-state index contributed by atoms with van der Waals surface area (Å²) < 4.78 is 0. The number of anilines is 1. The monoisotopic (exact) mass is 269 g/mol. The van der Waals surface area contributed by atoms with Gasteiger partial charge in [0.1, 0.15) is 0 Å². The topological polar surface area (TPSA) is 53.9 Å². The van der Waals surface area contributed by atoms with Crippen molar-refractivity contribution < 1.29 is 0 Å². The summed E-state index contributed by atoms with van der Waals surface area (Å²) in [7, 11) is 0. The maximum Gasteiger partial charge on any atom is 0.225 e. The Morgan fingerprint density at radius 2 is 2.05 bits per heavy atom. The lowest BCUT2D eigenvalue weighted by Crippen LogP contribution is -2.30. The van der Waals surface area contributed by atoms with E-state index in [0.29, 0.717) is 5.92 Å². The molecular weight excluding hydrogens is 250 g/mol. The Kier molecular flexibility index (Phi) is 3.87. The van der Waals surface area contributed by atoms with Crippen LogP contribution in [0.2, 0.25) is 0 Å². The maximum atomic E-state index is 4.50. The number of rotatable bonds is 2. The molecule has 104 valence electrons. The van der Waals surface area contributed by atoms with Gasteiger partial charge >= 0.3 is 0 Å². The van der Waals surface area contributed by atoms with Gasteiger partial charge in [-0.15, -0.1) is 0 Å². The average molecular weight is 269 g/mol. The Labute approximate surface area is 119 Å². The number of nitrogens with zero attached hydrogens (tertiary/aromatic N) is 4. The Hall–Kier alpha value is -2.01. The van der Waals surface area contributed by atoms with Gasteiger partial charge in [-0.1, -0.05) is 13.0 Å². The molecule has 0 aromatic carbocycles. The molecule has 2 aromatic rings. The summed E-state index contributed by atoms with van der Waals surface area (Å²) in [4.78, 5) is 15.6. The van der Waals surface area contributed by atoms with Gasteiger partial charge in [0.15, 0.2) is 0 Å². The third-order valence-electron chi connectivity index (χ3n) is 3.47. The highest BCUT2D eigenvalue weighted by Gasteiger charge is 2.16. The molecule has 3 rings (SSSR count). The van der Waals surface area contributed by atoms with Crippen LogP contribution in [0.5, 0.6) is 0 Å². The van der Waals surface area contributed by atoms with Crippen molar-refractivity contribution in [2.45, 2.75) is 6.92 Å². The van der Waals surface area contributed by atoms with E-state index < -0.39 is 0 Å². The number of aromatic nitrogens is 3. The summed E-state index contributed by atoms with van der Waals surface area (Å²) >= 11 is 0. The van der Waals surface area contributed by atoms with E-state index in [1.165, 1.54) is 0 Å². The van der Waals surface area contributed by atoms with E-state index in [0.717, 1.165) is 43.4 Å². The third-order valence-corrected chi connectivity index (χ3v) is 3.47. The lowest BCUT2D eigenvalue weighted by molar-refractivity contribution is 0.561. The smallest absolute Gasteiger partial charge is 0.225 e. The van der Waals surface area contributed by atoms with E-state index in [1.807, 2.05) is 30.6 Å². The highest BCUT2D eigenvalue weighted by molar-refractivity contribution is 5.57. The van der Waals surface area contributed by atoms with Crippen molar-refractivity contribution >= 4 is 5.95 Å². The standard InChI is InChI=1S/C15H19N5/c1-12-8-16-6-7-20(11-12)15-18-9-13(10-19-15)14-4-2-3-5-17-14/h2-5,9-10,12,16H,6-8,11H2,1H3. The van der Waals surface area contributed by atoms with E-state index in [1.54, 1.807) is 6.20 Å². The Morgan fingerprint density at radius 1 is 1.20 bits per heavy atom. The third kappa shape index (κ3) is 2.93. The van der Waals surface area contributed by atoms with Crippen LogP contribution in [0.15, 0.2) is 36.8 Å². The second-order valence-electron chi connectivity index (χ2n) is 5.24. The summed E-state index contributed by atoms with van der Waals surface area (Å²) in [5.74, 6) is 1.41. The Balaban J connectivity index is 1.79. The van der Waals surface area contributed by atoms with Crippen molar-refractivity contribution in [3.63, 3.8) is 0 Å². The summed E-state index contributed by atoms with van der Waals surface area (Å²) in [5.41, 5.74) is 1.86. The first-order valence-corrected chi connectivity index (χ1v) is 7.02. The molecule has 0 amide bonds. The minimum absolute atomic E-state index is 0.608. The van der Waals surface area contributed by atoms with Crippen molar-refractivity contribution in [2.75, 3.05) is 31.1 Å². The fourth-order valence-electron chi connectivity index (χ4n) is 2.43. The van der Waals surface area contributed by atoms with Gasteiger partial charge in [-0.2, -0.15) is 0 Å². The van der Waals surface area contributed by atoms with Gasteiger partial charge in [0.2, 0.25) is 5.95 Å². The van der Waals surface area contributed by atoms with Gasteiger partial charge in [-0.3, -0.25) is 4.98 Å². The van der Waals surface area contributed by atoms with Crippen LogP contribution in [0, 0.1) is 5.92 Å². The van der Waals surface area contributed by atoms with E-state index in [2.05, 4.69) is 32.1 Å². The highest BCUT2D eigenvalue weighted by atomic mass is 15.3. The SMILES string of the molecule is CC1CNCCN(c2ncc(-c3ccccn3)cn2)C1. The van der Waals surface area contributed by atoms with Gasteiger partial charge in [-0.25, -0.2) is 9.97 Å². The molecule has 3 heterocycles. The van der Waals surface area contributed by atoms with Crippen molar-refractivity contribution in [2.24, 2.45) is 5.92 Å². The summed E-state index contributed by atoms with van der Waals surface area (Å²) in [6.45, 7) is 6.23. The van der Waals surface area contributed by atoms with Crippen molar-refractivity contribution in [3.05, 3.63) is 36.8 Å². The van der Waals surface area contributed by atoms with Crippen LogP contribution >= 0.6 is 0 Å². The van der Waals surface area contributed by atoms with E-state index in [9.17, 15) is 0 Å². The lowest BCUT2D eigenvalue weighted by atomic mass is 10.2. The van der Waals surface area contributed by atoms with Crippen LogP contribution in [-0.2, 0) is 0 Å². The Morgan fingerprint density at radius 3 is 2.80 bits per heavy atom. The molecule has 1 unspecified atom stereocenters. The van der Waals surface area contributed by atoms with Crippen LogP contribution in [-0.4, -0.2) is 41.1 Å². The predicted molar refractivity (Wildman–Crippen MR) is 79.5 cm³/mol. The van der Waals surface area contributed by atoms with Crippen LogP contribution in [0.1, 0.15) is 6.92 Å². The van der Waals surface area contributed by atoms with Crippen LogP contribution in [0.3, 0.4) is 0 Å². The zero-order valence-corrected chi connectivity index (χ0v) is 11.7. The zero-order chi connectivity index (χ0) is 13.8. The molecule has 5 heteroatoms. The summed E-state index contributed by atoms with van der Waals surface area (Å²) in [6.07, 6.45) is 5.49. The van der Waals surface area contributed by atoms with E-state index >= 15 is 0 Å². The molecule has 20 heavy (non-hydrogen) atoms. The molecule has 1 saturated heterocycles. The highest BCUT2D eigenvalue weighted by Crippen LogP contribution is 2.17. The normalized spacial score (nSPS) is 19.6. The summed E-state index contributed by atoms with van der Waals surface area (Å²) in [5, 5.41) is 3.43. The molecule has 0 aliphatic carbocycles. The Bertz CT molecular complexity index is 540. The molecule has 1 atom stereocenters. The van der Waals surface area contributed by atoms with E-state index in [-0.39, 0.29) is 0 Å². The van der Waals surface area contributed by atoms with Crippen molar-refractivity contribution in [3.8, 4) is 11.3 Å². The molecule has 1 N–H and O–H groups in total. The molecule has 1 aliphatic heterocycles. The fourth-order valence-corrected chi connectivity index (χ4v) is 2.43. The molecule has 0 saturated carbocycles. The molecule has 1 aliphatic rings. The largest absolute Gasteiger partial charge is 0.339 e. The lowest BCUT2D eigenvalue weighted by Gasteiger charge is -2.22. The fraction of sp³-hybridized carbons (Fsp3) is 0.400. The van der Waals surface area contributed by atoms with Crippen LogP contribution in [0.4, 0.5) is 5.95 Å². The van der Waals surface area contributed by atoms with Gasteiger partial charge in [0, 0.05) is 43.8 Å². The van der Waals surface area contributed by atoms with Crippen molar-refractivity contribution in [1.29, 1.82) is 0 Å². The van der Waals surface area contributed by atoms with Gasteiger partial charge in [0.25, 0.3) is 0 Å². The quantitative estimate of drug-likeness (QED) is 0.897. The minimum Gasteiger partial charge on any atom is -0.339 e. The van der Waals surface area contributed by atoms with Crippen LogP contribution in [0.25, 0.3) is 11.3 Å². The van der Waals surface area contributed by atoms with Gasteiger partial charge in [0.05, 0.1) is 5.69 Å². The maximum absolute atomic E-state index is 4.50. The minimum atomic E-state index is 0.608. The average Bonchev–Trinajstić information content (AvgIpc) is 2.73. The summed E-state index contributed by atoms with van der Waals surface area (Å²) in [6, 6.07) is 5.85. The first-order valence-electron chi connectivity index (χ1n) is 7.02. The van der Waals surface area contributed by atoms with E-state index in [4.69, 9.17) is 0 Å². The number of pyridine rings is 1. The predicted octanol–water partition coefficient (Wildman–Crippen LogP) is 1.58. The molecule has 2 aromatic heterocycles. The molecule has 0 spiro atoms. The number of nitrogens with one attached hydrogen (secondary N) is 1. The second-order valence-corrected chi connectivity index (χ2v) is 5.24. The van der Waals surface area contributed by atoms with Gasteiger partial charge < -0.3 is 10.2 Å². The zero-order valence-electron chi connectivity index (χ0n) is 11.7. The van der Waals surface area contributed by atoms with Gasteiger partial charge in [-0.05, 0) is 24.6 Å². The second kappa shape index (κ2) is 5.96. The number of hydrogen-bond acceptors (Lipinski definition) is 5. The first kappa shape index (κ1) is 13.0. The molecule has 0 bridgehead atoms.